The molecule has 0 aliphatic carbocycles. The van der Waals surface area contributed by atoms with Crippen LogP contribution in [0.2, 0.25) is 0 Å². The third-order valence-electron chi connectivity index (χ3n) is 4.21. The first kappa shape index (κ1) is 21.5. The Labute approximate surface area is 180 Å². The molecule has 0 bridgehead atoms. The Bertz CT molecular complexity index is 964. The molecule has 0 aromatic heterocycles. The van der Waals surface area contributed by atoms with Crippen molar-refractivity contribution in [3.05, 3.63) is 84.9 Å². The molecule has 2 N–H and O–H groups in total. The van der Waals surface area contributed by atoms with E-state index in [1.165, 1.54) is 11.8 Å². The van der Waals surface area contributed by atoms with E-state index in [9.17, 15) is 9.59 Å². The molecule has 5 nitrogen and oxygen atoms in total. The number of carbonyl (C=O) groups is 2. The van der Waals surface area contributed by atoms with Crippen LogP contribution in [0.5, 0.6) is 5.75 Å². The largest absolute Gasteiger partial charge is 0.484 e. The Balaban J connectivity index is 1.55. The highest BCUT2D eigenvalue weighted by atomic mass is 32.2. The Morgan fingerprint density at radius 1 is 0.867 bits per heavy atom. The predicted molar refractivity (Wildman–Crippen MR) is 122 cm³/mol. The van der Waals surface area contributed by atoms with Gasteiger partial charge in [0.15, 0.2) is 6.61 Å². The van der Waals surface area contributed by atoms with Crippen LogP contribution < -0.4 is 15.4 Å². The van der Waals surface area contributed by atoms with E-state index in [0.29, 0.717) is 17.9 Å². The average Bonchev–Trinajstić information content (AvgIpc) is 2.77. The molecule has 0 heterocycles. The molecule has 3 aromatic rings. The van der Waals surface area contributed by atoms with Crippen molar-refractivity contribution in [1.29, 1.82) is 0 Å². The lowest BCUT2D eigenvalue weighted by molar-refractivity contribution is -0.118. The highest BCUT2D eigenvalue weighted by Gasteiger charge is 2.18. The maximum atomic E-state index is 12.6. The summed E-state index contributed by atoms with van der Waals surface area (Å²) in [7, 11) is 0. The zero-order chi connectivity index (χ0) is 21.2. The van der Waals surface area contributed by atoms with Gasteiger partial charge >= 0.3 is 0 Å². The molecule has 0 aliphatic heterocycles. The quantitative estimate of drug-likeness (QED) is 0.466. The van der Waals surface area contributed by atoms with Crippen molar-refractivity contribution >= 4 is 35.0 Å². The maximum Gasteiger partial charge on any atom is 0.262 e. The van der Waals surface area contributed by atoms with E-state index in [0.717, 1.165) is 10.6 Å². The number of amides is 2. The summed E-state index contributed by atoms with van der Waals surface area (Å²) >= 11 is 1.47. The highest BCUT2D eigenvalue weighted by Crippen LogP contribution is 2.28. The van der Waals surface area contributed by atoms with Gasteiger partial charge in [0.05, 0.1) is 5.25 Å². The summed E-state index contributed by atoms with van der Waals surface area (Å²) in [6, 6.07) is 26.1. The minimum absolute atomic E-state index is 0.0422. The third kappa shape index (κ3) is 6.67. The summed E-state index contributed by atoms with van der Waals surface area (Å²) in [4.78, 5) is 25.7. The van der Waals surface area contributed by atoms with E-state index in [1.54, 1.807) is 12.1 Å². The molecule has 0 saturated heterocycles. The molecule has 0 radical (unpaired) electrons. The maximum absolute atomic E-state index is 12.6. The van der Waals surface area contributed by atoms with E-state index < -0.39 is 0 Å². The lowest BCUT2D eigenvalue weighted by Crippen LogP contribution is -2.24. The first-order valence-corrected chi connectivity index (χ1v) is 10.6. The number of hydrogen-bond donors (Lipinski definition) is 2. The average molecular weight is 421 g/mol. The van der Waals surface area contributed by atoms with Crippen LogP contribution in [0.3, 0.4) is 0 Å². The van der Waals surface area contributed by atoms with Gasteiger partial charge < -0.3 is 15.4 Å². The van der Waals surface area contributed by atoms with Crippen molar-refractivity contribution in [3.8, 4) is 5.75 Å². The van der Waals surface area contributed by atoms with Gasteiger partial charge in [-0.15, -0.1) is 11.8 Å². The van der Waals surface area contributed by atoms with Crippen molar-refractivity contribution in [2.75, 3.05) is 17.2 Å². The van der Waals surface area contributed by atoms with Crippen LogP contribution >= 0.6 is 11.8 Å². The summed E-state index contributed by atoms with van der Waals surface area (Å²) in [5.41, 5.74) is 1.45. The summed E-state index contributed by atoms with van der Waals surface area (Å²) in [5, 5.41) is 5.54. The second kappa shape index (κ2) is 11.1. The van der Waals surface area contributed by atoms with Crippen molar-refractivity contribution in [2.45, 2.75) is 23.5 Å². The summed E-state index contributed by atoms with van der Waals surface area (Å²) < 4.78 is 5.47. The van der Waals surface area contributed by atoms with Crippen LogP contribution in [-0.4, -0.2) is 23.7 Å². The molecule has 0 aliphatic rings. The third-order valence-corrected chi connectivity index (χ3v) is 5.57. The van der Waals surface area contributed by atoms with Crippen LogP contribution in [0.4, 0.5) is 11.4 Å². The van der Waals surface area contributed by atoms with Crippen LogP contribution in [-0.2, 0) is 9.59 Å². The molecule has 6 heteroatoms. The minimum Gasteiger partial charge on any atom is -0.484 e. The number of anilines is 2. The lowest BCUT2D eigenvalue weighted by Gasteiger charge is -2.15. The molecule has 1 atom stereocenters. The van der Waals surface area contributed by atoms with E-state index in [2.05, 4.69) is 10.6 Å². The van der Waals surface area contributed by atoms with Gasteiger partial charge in [-0.2, -0.15) is 0 Å². The summed E-state index contributed by atoms with van der Waals surface area (Å²) in [6.45, 7) is 1.91. The second-order valence-corrected chi connectivity index (χ2v) is 7.82. The fourth-order valence-corrected chi connectivity index (χ4v) is 3.75. The van der Waals surface area contributed by atoms with Gasteiger partial charge in [-0.3, -0.25) is 9.59 Å². The Morgan fingerprint density at radius 3 is 2.23 bits per heavy atom. The van der Waals surface area contributed by atoms with Crippen LogP contribution in [0.15, 0.2) is 89.8 Å². The van der Waals surface area contributed by atoms with E-state index >= 15 is 0 Å². The predicted octanol–water partition coefficient (Wildman–Crippen LogP) is 5.21. The summed E-state index contributed by atoms with van der Waals surface area (Å²) in [5.74, 6) is 0.362. The van der Waals surface area contributed by atoms with Crippen molar-refractivity contribution in [3.63, 3.8) is 0 Å². The molecule has 3 rings (SSSR count). The Kier molecular flexibility index (Phi) is 7.92. The number of nitrogens with one attached hydrogen (secondary N) is 2. The molecule has 0 fully saturated rings. The minimum atomic E-state index is -0.241. The van der Waals surface area contributed by atoms with Gasteiger partial charge in [-0.1, -0.05) is 49.4 Å². The molecule has 3 aromatic carbocycles. The molecular weight excluding hydrogens is 396 g/mol. The number of carbonyl (C=O) groups excluding carboxylic acids is 2. The number of hydrogen-bond acceptors (Lipinski definition) is 4. The fourth-order valence-electron chi connectivity index (χ4n) is 2.74. The molecule has 0 saturated carbocycles. The molecule has 0 spiro atoms. The number of para-hydroxylation sites is 2. The van der Waals surface area contributed by atoms with Gasteiger partial charge in [0.2, 0.25) is 5.91 Å². The first-order valence-electron chi connectivity index (χ1n) is 9.74. The van der Waals surface area contributed by atoms with Gasteiger partial charge in [-0.25, -0.2) is 0 Å². The zero-order valence-electron chi connectivity index (χ0n) is 16.7. The normalized spacial score (nSPS) is 11.4. The number of thioether (sulfide) groups is 1. The van der Waals surface area contributed by atoms with Crippen molar-refractivity contribution in [1.82, 2.24) is 0 Å². The van der Waals surface area contributed by atoms with Crippen molar-refractivity contribution in [2.24, 2.45) is 0 Å². The topological polar surface area (TPSA) is 67.4 Å². The highest BCUT2D eigenvalue weighted by molar-refractivity contribution is 8.00. The molecule has 2 amide bonds. The van der Waals surface area contributed by atoms with E-state index in [-0.39, 0.29) is 23.7 Å². The van der Waals surface area contributed by atoms with E-state index in [4.69, 9.17) is 4.74 Å². The van der Waals surface area contributed by atoms with Gasteiger partial charge in [0.25, 0.3) is 5.91 Å². The Hall–Kier alpha value is -3.25. The second-order valence-electron chi connectivity index (χ2n) is 6.55. The van der Waals surface area contributed by atoms with Gasteiger partial charge in [-0.05, 0) is 48.9 Å². The van der Waals surface area contributed by atoms with Gasteiger partial charge in [0, 0.05) is 16.3 Å². The first-order chi connectivity index (χ1) is 14.6. The van der Waals surface area contributed by atoms with Crippen LogP contribution in [0.1, 0.15) is 13.3 Å². The number of ether oxygens (including phenoxy) is 1. The van der Waals surface area contributed by atoms with E-state index in [1.807, 2.05) is 79.7 Å². The standard InChI is InChI=1S/C24H24N2O3S/c1-2-22(24(28)26-18-10-5-3-6-11-18)30-21-15-9-12-19(16-21)25-23(27)17-29-20-13-7-4-8-14-20/h3-16,22H,2,17H2,1H3,(H,25,27)(H,26,28). The number of benzene rings is 3. The van der Waals surface area contributed by atoms with Gasteiger partial charge in [0.1, 0.15) is 5.75 Å². The number of rotatable bonds is 9. The smallest absolute Gasteiger partial charge is 0.262 e. The van der Waals surface area contributed by atoms with Crippen LogP contribution in [0.25, 0.3) is 0 Å². The molecule has 30 heavy (non-hydrogen) atoms. The lowest BCUT2D eigenvalue weighted by atomic mass is 10.3. The fraction of sp³-hybridized carbons (Fsp3) is 0.167. The zero-order valence-corrected chi connectivity index (χ0v) is 17.5. The van der Waals surface area contributed by atoms with Crippen LogP contribution in [0, 0.1) is 0 Å². The molecule has 154 valence electrons. The van der Waals surface area contributed by atoms with Crippen molar-refractivity contribution < 1.29 is 14.3 Å². The summed E-state index contributed by atoms with van der Waals surface area (Å²) in [6.07, 6.45) is 0.685. The molecular formula is C24H24N2O3S. The Morgan fingerprint density at radius 2 is 1.53 bits per heavy atom. The molecule has 1 unspecified atom stereocenters. The monoisotopic (exact) mass is 420 g/mol. The SMILES string of the molecule is CCC(Sc1cccc(NC(=O)COc2ccccc2)c1)C(=O)Nc1ccccc1.